The Morgan fingerprint density at radius 1 is 1.13 bits per heavy atom. The lowest BCUT2D eigenvalue weighted by Gasteiger charge is -2.15. The van der Waals surface area contributed by atoms with Gasteiger partial charge in [0, 0.05) is 18.7 Å². The minimum absolute atomic E-state index is 0.0418. The van der Waals surface area contributed by atoms with Gasteiger partial charge in [-0.25, -0.2) is 0 Å². The molecule has 1 amide bonds. The smallest absolute Gasteiger partial charge is 0.276 e. The number of amides is 1. The molecular formula is C22H23N3O5S. The van der Waals surface area contributed by atoms with E-state index >= 15 is 0 Å². The maximum Gasteiger partial charge on any atom is 0.276 e. The third kappa shape index (κ3) is 5.37. The van der Waals surface area contributed by atoms with Gasteiger partial charge in [0.15, 0.2) is 16.6 Å². The highest BCUT2D eigenvalue weighted by molar-refractivity contribution is 7.80. The fourth-order valence-corrected chi connectivity index (χ4v) is 3.45. The van der Waals surface area contributed by atoms with Gasteiger partial charge in [0.2, 0.25) is 0 Å². The maximum atomic E-state index is 12.8. The van der Waals surface area contributed by atoms with Crippen LogP contribution in [0.25, 0.3) is 6.08 Å². The Labute approximate surface area is 185 Å². The van der Waals surface area contributed by atoms with E-state index in [0.29, 0.717) is 48.4 Å². The molecule has 31 heavy (non-hydrogen) atoms. The first-order chi connectivity index (χ1) is 14.9. The van der Waals surface area contributed by atoms with Crippen molar-refractivity contribution < 1.29 is 19.2 Å². The predicted octanol–water partition coefficient (Wildman–Crippen LogP) is 3.69. The molecule has 1 heterocycles. The van der Waals surface area contributed by atoms with Gasteiger partial charge in [-0.15, -0.1) is 0 Å². The van der Waals surface area contributed by atoms with Crippen LogP contribution >= 0.6 is 12.2 Å². The predicted molar refractivity (Wildman–Crippen MR) is 121 cm³/mol. The van der Waals surface area contributed by atoms with Crippen LogP contribution in [0.3, 0.4) is 0 Å². The molecule has 1 saturated heterocycles. The molecule has 1 aliphatic heterocycles. The van der Waals surface area contributed by atoms with Crippen LogP contribution in [0, 0.1) is 10.1 Å². The second-order valence-corrected chi connectivity index (χ2v) is 7.08. The molecule has 1 N–H and O–H groups in total. The molecule has 1 fully saturated rings. The summed E-state index contributed by atoms with van der Waals surface area (Å²) >= 11 is 5.32. The third-order valence-electron chi connectivity index (χ3n) is 4.59. The molecule has 0 saturated carbocycles. The van der Waals surface area contributed by atoms with Gasteiger partial charge >= 0.3 is 0 Å². The highest BCUT2D eigenvalue weighted by atomic mass is 32.1. The number of carbonyl (C=O) groups excluding carboxylic acids is 1. The fraction of sp³-hybridized carbons (Fsp3) is 0.273. The summed E-state index contributed by atoms with van der Waals surface area (Å²) in [5.74, 6) is 1.08. The van der Waals surface area contributed by atoms with Crippen LogP contribution in [0.15, 0.2) is 48.2 Å². The average molecular weight is 442 g/mol. The van der Waals surface area contributed by atoms with Crippen LogP contribution < -0.4 is 14.8 Å². The zero-order valence-electron chi connectivity index (χ0n) is 17.3. The number of nitrogens with zero attached hydrogens (tertiary/aromatic N) is 2. The van der Waals surface area contributed by atoms with Gasteiger partial charge in [0.05, 0.1) is 18.1 Å². The fourth-order valence-electron chi connectivity index (χ4n) is 3.16. The standard InChI is InChI=1S/C22H23N3O5S/c1-3-29-19-9-8-15(14-20(19)30-4-2)10-11-24-21(26)18(23-22(24)31)13-16-6-5-7-17(12-16)25(27)28/h5-9,12-14H,3-4,10-11H2,1-2H3,(H,23,31)/b18-13+. The van der Waals surface area contributed by atoms with E-state index < -0.39 is 4.92 Å². The Kier molecular flexibility index (Phi) is 7.19. The lowest BCUT2D eigenvalue weighted by Crippen LogP contribution is -2.32. The number of non-ortho nitro benzene ring substituents is 1. The number of thiocarbonyl (C=S) groups is 1. The van der Waals surface area contributed by atoms with Gasteiger partial charge in [-0.05, 0) is 61.8 Å². The zero-order chi connectivity index (χ0) is 22.4. The molecule has 0 aromatic heterocycles. The Morgan fingerprint density at radius 2 is 1.87 bits per heavy atom. The largest absolute Gasteiger partial charge is 0.490 e. The van der Waals surface area contributed by atoms with Crippen LogP contribution in [0.1, 0.15) is 25.0 Å². The van der Waals surface area contributed by atoms with Crippen molar-refractivity contribution >= 4 is 35.0 Å². The third-order valence-corrected chi connectivity index (χ3v) is 4.91. The summed E-state index contributed by atoms with van der Waals surface area (Å²) in [5, 5.41) is 14.2. The number of hydrogen-bond acceptors (Lipinski definition) is 6. The summed E-state index contributed by atoms with van der Waals surface area (Å²) in [6.07, 6.45) is 2.13. The number of carbonyl (C=O) groups is 1. The van der Waals surface area contributed by atoms with Crippen LogP contribution in [0.4, 0.5) is 5.69 Å². The van der Waals surface area contributed by atoms with E-state index in [9.17, 15) is 14.9 Å². The molecule has 0 spiro atoms. The Hall–Kier alpha value is -3.46. The van der Waals surface area contributed by atoms with Crippen molar-refractivity contribution in [1.82, 2.24) is 10.2 Å². The molecule has 1 aliphatic rings. The summed E-state index contributed by atoms with van der Waals surface area (Å²) in [5.41, 5.74) is 1.77. The number of nitro groups is 1. The van der Waals surface area contributed by atoms with Crippen LogP contribution in [0.5, 0.6) is 11.5 Å². The molecule has 2 aromatic rings. The molecule has 3 rings (SSSR count). The summed E-state index contributed by atoms with van der Waals surface area (Å²) in [6.45, 7) is 5.27. The topological polar surface area (TPSA) is 93.9 Å². The van der Waals surface area contributed by atoms with Crippen molar-refractivity contribution in [2.75, 3.05) is 19.8 Å². The first-order valence-electron chi connectivity index (χ1n) is 9.90. The molecular weight excluding hydrogens is 418 g/mol. The molecule has 0 radical (unpaired) electrons. The number of ether oxygens (including phenoxy) is 2. The summed E-state index contributed by atoms with van der Waals surface area (Å²) < 4.78 is 11.2. The van der Waals surface area contributed by atoms with E-state index in [-0.39, 0.29) is 17.3 Å². The van der Waals surface area contributed by atoms with Crippen LogP contribution in [0.2, 0.25) is 0 Å². The lowest BCUT2D eigenvalue weighted by atomic mass is 10.1. The number of nitrogens with one attached hydrogen (secondary N) is 1. The minimum Gasteiger partial charge on any atom is -0.490 e. The molecule has 162 valence electrons. The van der Waals surface area contributed by atoms with E-state index in [1.807, 2.05) is 32.0 Å². The van der Waals surface area contributed by atoms with Crippen molar-refractivity contribution in [3.63, 3.8) is 0 Å². The summed E-state index contributed by atoms with van der Waals surface area (Å²) in [7, 11) is 0. The summed E-state index contributed by atoms with van der Waals surface area (Å²) in [6, 6.07) is 11.8. The molecule has 8 nitrogen and oxygen atoms in total. The Bertz CT molecular complexity index is 1040. The van der Waals surface area contributed by atoms with E-state index in [0.717, 1.165) is 5.56 Å². The highest BCUT2D eigenvalue weighted by Gasteiger charge is 2.30. The van der Waals surface area contributed by atoms with Crippen LogP contribution in [-0.2, 0) is 11.2 Å². The number of nitro benzene ring substituents is 1. The second kappa shape index (κ2) is 10.0. The van der Waals surface area contributed by atoms with Crippen molar-refractivity contribution in [2.45, 2.75) is 20.3 Å². The van der Waals surface area contributed by atoms with Gasteiger partial charge in [-0.2, -0.15) is 0 Å². The quantitative estimate of drug-likeness (QED) is 0.274. The lowest BCUT2D eigenvalue weighted by molar-refractivity contribution is -0.384. The SMILES string of the molecule is CCOc1ccc(CCN2C(=O)/C(=C\c3cccc([N+](=O)[O-])c3)NC2=S)cc1OCC. The van der Waals surface area contributed by atoms with Gasteiger partial charge < -0.3 is 14.8 Å². The van der Waals surface area contributed by atoms with Crippen molar-refractivity contribution in [3.05, 3.63) is 69.4 Å². The minimum atomic E-state index is -0.476. The van der Waals surface area contributed by atoms with Gasteiger partial charge in [-0.1, -0.05) is 18.2 Å². The van der Waals surface area contributed by atoms with E-state index in [4.69, 9.17) is 21.7 Å². The molecule has 2 aromatic carbocycles. The number of hydrogen-bond donors (Lipinski definition) is 1. The molecule has 0 atom stereocenters. The van der Waals surface area contributed by atoms with Gasteiger partial charge in [-0.3, -0.25) is 19.8 Å². The van der Waals surface area contributed by atoms with Crippen molar-refractivity contribution in [2.24, 2.45) is 0 Å². The Balaban J connectivity index is 1.71. The number of rotatable bonds is 9. The molecule has 0 aliphatic carbocycles. The van der Waals surface area contributed by atoms with Gasteiger partial charge in [0.1, 0.15) is 5.70 Å². The first-order valence-corrected chi connectivity index (χ1v) is 10.3. The van der Waals surface area contributed by atoms with Crippen LogP contribution in [-0.4, -0.2) is 40.6 Å². The zero-order valence-corrected chi connectivity index (χ0v) is 18.1. The summed E-state index contributed by atoms with van der Waals surface area (Å²) in [4.78, 5) is 24.8. The molecule has 0 unspecified atom stereocenters. The average Bonchev–Trinajstić information content (AvgIpc) is 3.01. The second-order valence-electron chi connectivity index (χ2n) is 6.69. The first kappa shape index (κ1) is 22.2. The number of benzene rings is 2. The molecule has 9 heteroatoms. The Morgan fingerprint density at radius 3 is 2.58 bits per heavy atom. The highest BCUT2D eigenvalue weighted by Crippen LogP contribution is 2.29. The van der Waals surface area contributed by atoms with Crippen molar-refractivity contribution in [3.8, 4) is 11.5 Å². The van der Waals surface area contributed by atoms with E-state index in [1.54, 1.807) is 18.2 Å². The normalized spacial score (nSPS) is 14.6. The molecule has 0 bridgehead atoms. The maximum absolute atomic E-state index is 12.8. The van der Waals surface area contributed by atoms with E-state index in [1.165, 1.54) is 17.0 Å². The monoisotopic (exact) mass is 441 g/mol. The van der Waals surface area contributed by atoms with Crippen molar-refractivity contribution in [1.29, 1.82) is 0 Å². The van der Waals surface area contributed by atoms with Gasteiger partial charge in [0.25, 0.3) is 11.6 Å². The van der Waals surface area contributed by atoms with E-state index in [2.05, 4.69) is 5.32 Å².